The largest absolute Gasteiger partial charge is 0.467 e. The summed E-state index contributed by atoms with van der Waals surface area (Å²) in [6, 6.07) is 3.03. The van der Waals surface area contributed by atoms with Crippen molar-refractivity contribution in [2.75, 3.05) is 32.2 Å². The van der Waals surface area contributed by atoms with E-state index in [2.05, 4.69) is 22.5 Å². The predicted octanol–water partition coefficient (Wildman–Crippen LogP) is 3.30. The van der Waals surface area contributed by atoms with Crippen LogP contribution in [0.15, 0.2) is 17.1 Å². The van der Waals surface area contributed by atoms with E-state index in [9.17, 15) is 4.39 Å². The van der Waals surface area contributed by atoms with E-state index in [-0.39, 0.29) is 36.6 Å². The molecule has 5 nitrogen and oxygen atoms in total. The molecule has 1 unspecified atom stereocenters. The molecule has 0 spiro atoms. The number of hydrogen-bond donors (Lipinski definition) is 2. The number of hydrogen-bond acceptors (Lipinski definition) is 4. The summed E-state index contributed by atoms with van der Waals surface area (Å²) in [5.74, 6) is 2.59. The summed E-state index contributed by atoms with van der Waals surface area (Å²) >= 11 is 2.01. The number of aliphatic imine (C=N–C) groups is 1. The van der Waals surface area contributed by atoms with E-state index < -0.39 is 0 Å². The van der Waals surface area contributed by atoms with Crippen molar-refractivity contribution in [1.82, 2.24) is 10.6 Å². The molecule has 3 rings (SSSR count). The van der Waals surface area contributed by atoms with Crippen LogP contribution in [0.3, 0.4) is 0 Å². The zero-order chi connectivity index (χ0) is 17.5. The van der Waals surface area contributed by atoms with Gasteiger partial charge in [-0.05, 0) is 49.6 Å². The van der Waals surface area contributed by atoms with Crippen LogP contribution < -0.4 is 15.4 Å². The molecule has 0 aliphatic carbocycles. The van der Waals surface area contributed by atoms with Crippen LogP contribution in [0.25, 0.3) is 0 Å². The lowest BCUT2D eigenvalue weighted by Crippen LogP contribution is -2.38. The molecule has 1 aromatic rings. The van der Waals surface area contributed by atoms with Gasteiger partial charge in [0.1, 0.15) is 11.6 Å². The highest BCUT2D eigenvalue weighted by atomic mass is 127. The molecule has 1 aromatic carbocycles. The SMILES string of the molecule is CCNC(=NCC1CCCS1)NCCc1cc(F)cc2c1OCOC2.I. The Kier molecular flexibility index (Phi) is 9.27. The second kappa shape index (κ2) is 11.2. The molecular weight excluding hydrogens is 468 g/mol. The molecule has 146 valence electrons. The van der Waals surface area contributed by atoms with Crippen molar-refractivity contribution in [3.05, 3.63) is 29.1 Å². The summed E-state index contributed by atoms with van der Waals surface area (Å²) in [4.78, 5) is 4.68. The fourth-order valence-electron chi connectivity index (χ4n) is 3.08. The number of ether oxygens (including phenoxy) is 2. The highest BCUT2D eigenvalue weighted by Crippen LogP contribution is 2.29. The van der Waals surface area contributed by atoms with Gasteiger partial charge in [0, 0.05) is 23.9 Å². The molecule has 2 aliphatic rings. The van der Waals surface area contributed by atoms with Gasteiger partial charge in [0.05, 0.1) is 13.2 Å². The van der Waals surface area contributed by atoms with E-state index in [1.807, 2.05) is 11.8 Å². The molecular formula is C18H27FIN3O2S. The average molecular weight is 495 g/mol. The van der Waals surface area contributed by atoms with Crippen LogP contribution in [0.4, 0.5) is 4.39 Å². The van der Waals surface area contributed by atoms with Gasteiger partial charge in [0.15, 0.2) is 12.8 Å². The number of nitrogens with one attached hydrogen (secondary N) is 2. The Hall–Kier alpha value is -0.740. The van der Waals surface area contributed by atoms with Crippen molar-refractivity contribution in [3.8, 4) is 5.75 Å². The maximum absolute atomic E-state index is 13.8. The standard InChI is InChI=1S/C18H26FN3O2S.HI/c1-2-20-18(22-10-16-4-3-7-25-16)21-6-5-13-8-15(19)9-14-11-23-12-24-17(13)14;/h8-9,16H,2-7,10-12H2,1H3,(H2,20,21,22);1H. The minimum absolute atomic E-state index is 0. The third-order valence-electron chi connectivity index (χ3n) is 4.26. The highest BCUT2D eigenvalue weighted by Gasteiger charge is 2.17. The minimum atomic E-state index is -0.248. The lowest BCUT2D eigenvalue weighted by atomic mass is 10.1. The van der Waals surface area contributed by atoms with E-state index in [0.29, 0.717) is 24.8 Å². The van der Waals surface area contributed by atoms with E-state index >= 15 is 0 Å². The van der Waals surface area contributed by atoms with Gasteiger partial charge in [-0.2, -0.15) is 11.8 Å². The van der Waals surface area contributed by atoms with Gasteiger partial charge < -0.3 is 20.1 Å². The molecule has 1 saturated heterocycles. The summed E-state index contributed by atoms with van der Waals surface area (Å²) in [6.45, 7) is 5.01. The Balaban J connectivity index is 0.00000243. The first-order valence-electron chi connectivity index (χ1n) is 8.92. The smallest absolute Gasteiger partial charge is 0.191 e. The Labute approximate surface area is 175 Å². The van der Waals surface area contributed by atoms with Crippen molar-refractivity contribution >= 4 is 41.7 Å². The molecule has 0 radical (unpaired) electrons. The van der Waals surface area contributed by atoms with Crippen LogP contribution >= 0.6 is 35.7 Å². The van der Waals surface area contributed by atoms with Crippen LogP contribution in [0.2, 0.25) is 0 Å². The summed E-state index contributed by atoms with van der Waals surface area (Å²) in [5, 5.41) is 7.25. The van der Waals surface area contributed by atoms with Crippen LogP contribution in [0.1, 0.15) is 30.9 Å². The quantitative estimate of drug-likeness (QED) is 0.361. The van der Waals surface area contributed by atoms with Crippen LogP contribution in [0, 0.1) is 5.82 Å². The van der Waals surface area contributed by atoms with Gasteiger partial charge in [0.2, 0.25) is 0 Å². The summed E-state index contributed by atoms with van der Waals surface area (Å²) in [6.07, 6.45) is 3.22. The first kappa shape index (κ1) is 21.6. The summed E-state index contributed by atoms with van der Waals surface area (Å²) in [7, 11) is 0. The monoisotopic (exact) mass is 495 g/mol. The normalized spacial score (nSPS) is 19.3. The lowest BCUT2D eigenvalue weighted by Gasteiger charge is -2.21. The van der Waals surface area contributed by atoms with Crippen molar-refractivity contribution < 1.29 is 13.9 Å². The number of guanidine groups is 1. The maximum Gasteiger partial charge on any atom is 0.191 e. The fraction of sp³-hybridized carbons (Fsp3) is 0.611. The minimum Gasteiger partial charge on any atom is -0.467 e. The predicted molar refractivity (Wildman–Crippen MR) is 115 cm³/mol. The number of benzene rings is 1. The van der Waals surface area contributed by atoms with E-state index in [1.165, 1.54) is 24.7 Å². The van der Waals surface area contributed by atoms with Crippen molar-refractivity contribution in [2.45, 2.75) is 38.0 Å². The number of rotatable bonds is 6. The van der Waals surface area contributed by atoms with Crippen LogP contribution in [-0.4, -0.2) is 43.4 Å². The van der Waals surface area contributed by atoms with Gasteiger partial charge in [-0.3, -0.25) is 4.99 Å². The van der Waals surface area contributed by atoms with Crippen LogP contribution in [0.5, 0.6) is 5.75 Å². The molecule has 0 amide bonds. The van der Waals surface area contributed by atoms with Crippen molar-refractivity contribution in [1.29, 1.82) is 0 Å². The van der Waals surface area contributed by atoms with Crippen molar-refractivity contribution in [3.63, 3.8) is 0 Å². The van der Waals surface area contributed by atoms with Gasteiger partial charge in [-0.1, -0.05) is 0 Å². The lowest BCUT2D eigenvalue weighted by molar-refractivity contribution is -0.0172. The number of nitrogens with zero attached hydrogens (tertiary/aromatic N) is 1. The first-order chi connectivity index (χ1) is 12.3. The summed E-state index contributed by atoms with van der Waals surface area (Å²) in [5.41, 5.74) is 1.65. The fourth-order valence-corrected chi connectivity index (χ4v) is 4.26. The molecule has 26 heavy (non-hydrogen) atoms. The maximum atomic E-state index is 13.8. The number of halogens is 2. The third-order valence-corrected chi connectivity index (χ3v) is 5.64. The molecule has 0 bridgehead atoms. The first-order valence-corrected chi connectivity index (χ1v) is 9.96. The van der Waals surface area contributed by atoms with Gasteiger partial charge in [-0.25, -0.2) is 4.39 Å². The highest BCUT2D eigenvalue weighted by molar-refractivity contribution is 14.0. The zero-order valence-electron chi connectivity index (χ0n) is 15.1. The number of thioether (sulfide) groups is 1. The van der Waals surface area contributed by atoms with E-state index in [0.717, 1.165) is 35.9 Å². The van der Waals surface area contributed by atoms with Crippen molar-refractivity contribution in [2.24, 2.45) is 4.99 Å². The molecule has 1 fully saturated rings. The Morgan fingerprint density at radius 2 is 2.27 bits per heavy atom. The van der Waals surface area contributed by atoms with Crippen LogP contribution in [-0.2, 0) is 17.8 Å². The Bertz CT molecular complexity index is 612. The molecule has 2 N–H and O–H groups in total. The second-order valence-corrected chi connectivity index (χ2v) is 7.60. The molecule has 2 aliphatic heterocycles. The van der Waals surface area contributed by atoms with E-state index in [4.69, 9.17) is 9.47 Å². The molecule has 2 heterocycles. The van der Waals surface area contributed by atoms with Gasteiger partial charge in [0.25, 0.3) is 0 Å². The Morgan fingerprint density at radius 3 is 3.04 bits per heavy atom. The zero-order valence-corrected chi connectivity index (χ0v) is 18.2. The van der Waals surface area contributed by atoms with Gasteiger partial charge in [-0.15, -0.1) is 24.0 Å². The molecule has 8 heteroatoms. The van der Waals surface area contributed by atoms with Gasteiger partial charge >= 0.3 is 0 Å². The molecule has 0 saturated carbocycles. The third kappa shape index (κ3) is 6.16. The second-order valence-electron chi connectivity index (χ2n) is 6.20. The molecule has 1 atom stereocenters. The average Bonchev–Trinajstić information content (AvgIpc) is 3.13. The number of fused-ring (bicyclic) bond motifs is 1. The summed E-state index contributed by atoms with van der Waals surface area (Å²) < 4.78 is 24.6. The Morgan fingerprint density at radius 1 is 1.38 bits per heavy atom. The topological polar surface area (TPSA) is 54.9 Å². The molecule has 0 aromatic heterocycles. The van der Waals surface area contributed by atoms with E-state index in [1.54, 1.807) is 6.07 Å².